The number of nitrogens with zero attached hydrogens (tertiary/aromatic N) is 2. The molecule has 0 saturated carbocycles. The van der Waals surface area contributed by atoms with Crippen LogP contribution in [0.25, 0.3) is 10.9 Å². The number of hydrogen-bond acceptors (Lipinski definition) is 3. The molecule has 1 aromatic heterocycles. The van der Waals surface area contributed by atoms with Crippen LogP contribution in [0.2, 0.25) is 0 Å². The lowest BCUT2D eigenvalue weighted by Gasteiger charge is -2.05. The summed E-state index contributed by atoms with van der Waals surface area (Å²) in [6.07, 6.45) is 2.38. The lowest BCUT2D eigenvalue weighted by atomic mass is 10.1. The van der Waals surface area contributed by atoms with Crippen molar-refractivity contribution in [1.29, 1.82) is 0 Å². The highest BCUT2D eigenvalue weighted by Crippen LogP contribution is 2.23. The number of carbonyl (C=O) groups is 1. The molecule has 4 heteroatoms. The summed E-state index contributed by atoms with van der Waals surface area (Å²) in [5.74, 6) is -0.331. The highest BCUT2D eigenvalue weighted by molar-refractivity contribution is 6.09. The molecule has 3 aromatic rings. The molecule has 2 aromatic carbocycles. The van der Waals surface area contributed by atoms with Crippen molar-refractivity contribution in [1.82, 2.24) is 4.57 Å². The van der Waals surface area contributed by atoms with E-state index in [1.54, 1.807) is 6.92 Å². The van der Waals surface area contributed by atoms with Crippen molar-refractivity contribution in [2.45, 2.75) is 26.8 Å². The van der Waals surface area contributed by atoms with E-state index in [0.717, 1.165) is 23.0 Å². The van der Waals surface area contributed by atoms with E-state index in [9.17, 15) is 4.79 Å². The minimum absolute atomic E-state index is 0.312. The molecule has 0 spiro atoms. The normalized spacial score (nSPS) is 11.7. The van der Waals surface area contributed by atoms with E-state index in [-0.39, 0.29) is 5.97 Å². The molecule has 0 amide bonds. The molecule has 24 heavy (non-hydrogen) atoms. The zero-order valence-corrected chi connectivity index (χ0v) is 13.9. The second kappa shape index (κ2) is 7.13. The van der Waals surface area contributed by atoms with Crippen LogP contribution in [0.5, 0.6) is 0 Å². The first-order chi connectivity index (χ1) is 11.7. The molecule has 0 atom stereocenters. The summed E-state index contributed by atoms with van der Waals surface area (Å²) in [5.41, 5.74) is 4.04. The summed E-state index contributed by atoms with van der Waals surface area (Å²) in [7, 11) is 0. The van der Waals surface area contributed by atoms with Gasteiger partial charge in [-0.05, 0) is 18.6 Å². The van der Waals surface area contributed by atoms with Crippen LogP contribution in [-0.4, -0.2) is 16.2 Å². The average Bonchev–Trinajstić information content (AvgIpc) is 2.99. The third kappa shape index (κ3) is 3.38. The number of carbonyl (C=O) groups excluding carboxylic acids is 1. The van der Waals surface area contributed by atoms with Crippen molar-refractivity contribution in [3.63, 3.8) is 0 Å². The minimum Gasteiger partial charge on any atom is -0.342 e. The number of hydrogen-bond donors (Lipinski definition) is 0. The molecule has 0 bridgehead atoms. The van der Waals surface area contributed by atoms with Crippen LogP contribution in [0, 0.1) is 0 Å². The van der Waals surface area contributed by atoms with Crippen molar-refractivity contribution in [2.24, 2.45) is 5.16 Å². The maximum Gasteiger partial charge on any atom is 0.334 e. The van der Waals surface area contributed by atoms with Gasteiger partial charge >= 0.3 is 5.97 Å². The first kappa shape index (κ1) is 16.0. The summed E-state index contributed by atoms with van der Waals surface area (Å²) in [5, 5.41) is 5.09. The van der Waals surface area contributed by atoms with Gasteiger partial charge in [0.1, 0.15) is 0 Å². The molecule has 0 fully saturated rings. The van der Waals surface area contributed by atoms with Crippen LogP contribution in [0.4, 0.5) is 0 Å². The first-order valence-corrected chi connectivity index (χ1v) is 8.05. The van der Waals surface area contributed by atoms with Gasteiger partial charge in [0.25, 0.3) is 0 Å². The molecule has 0 N–H and O–H groups in total. The number of fused-ring (bicyclic) bond motifs is 1. The predicted molar refractivity (Wildman–Crippen MR) is 96.1 cm³/mol. The lowest BCUT2D eigenvalue weighted by molar-refractivity contribution is -0.143. The van der Waals surface area contributed by atoms with Gasteiger partial charge in [0.15, 0.2) is 0 Å². The quantitative estimate of drug-likeness (QED) is 0.398. The van der Waals surface area contributed by atoms with E-state index in [1.165, 1.54) is 5.56 Å². The van der Waals surface area contributed by atoms with E-state index in [2.05, 4.69) is 40.2 Å². The van der Waals surface area contributed by atoms with E-state index < -0.39 is 0 Å². The Morgan fingerprint density at radius 3 is 2.54 bits per heavy atom. The van der Waals surface area contributed by atoms with Gasteiger partial charge < -0.3 is 9.40 Å². The van der Waals surface area contributed by atoms with Gasteiger partial charge in [0.2, 0.25) is 0 Å². The Balaban J connectivity index is 1.99. The Kier molecular flexibility index (Phi) is 4.75. The van der Waals surface area contributed by atoms with Crippen molar-refractivity contribution < 1.29 is 9.63 Å². The highest BCUT2D eigenvalue weighted by atomic mass is 16.7. The lowest BCUT2D eigenvalue weighted by Crippen LogP contribution is -2.01. The maximum absolute atomic E-state index is 11.3. The summed E-state index contributed by atoms with van der Waals surface area (Å²) in [6.45, 7) is 4.39. The van der Waals surface area contributed by atoms with Crippen LogP contribution in [0.1, 0.15) is 31.4 Å². The van der Waals surface area contributed by atoms with E-state index in [0.29, 0.717) is 12.1 Å². The number of rotatable bonds is 5. The molecule has 0 unspecified atom stereocenters. The summed E-state index contributed by atoms with van der Waals surface area (Å²) in [4.78, 5) is 16.2. The first-order valence-electron chi connectivity index (χ1n) is 8.05. The minimum atomic E-state index is -0.331. The van der Waals surface area contributed by atoms with E-state index >= 15 is 0 Å². The standard InChI is InChI=1S/C20H20N2O2/c1-3-20(23)24-21-15(2)18-14-22(13-16-9-5-4-6-10-16)19-12-8-7-11-17(18)19/h4-12,14H,3,13H2,1-2H3/b21-15+. The average molecular weight is 320 g/mol. The molecule has 1 heterocycles. The zero-order chi connectivity index (χ0) is 16.9. The van der Waals surface area contributed by atoms with Crippen LogP contribution >= 0.6 is 0 Å². The van der Waals surface area contributed by atoms with E-state index in [1.807, 2.05) is 37.3 Å². The predicted octanol–water partition coefficient (Wildman–Crippen LogP) is 4.37. The third-order valence-corrected chi connectivity index (χ3v) is 3.95. The molecule has 122 valence electrons. The fraction of sp³-hybridized carbons (Fsp3) is 0.200. The summed E-state index contributed by atoms with van der Waals surface area (Å²) in [6, 6.07) is 18.5. The Morgan fingerprint density at radius 1 is 1.08 bits per heavy atom. The number of oxime groups is 1. The fourth-order valence-corrected chi connectivity index (χ4v) is 2.68. The van der Waals surface area contributed by atoms with Gasteiger partial charge in [-0.3, -0.25) is 0 Å². The Morgan fingerprint density at radius 2 is 1.79 bits per heavy atom. The Labute approximate surface area is 141 Å². The monoisotopic (exact) mass is 320 g/mol. The number of benzene rings is 2. The van der Waals surface area contributed by atoms with Gasteiger partial charge in [0, 0.05) is 35.6 Å². The second-order valence-electron chi connectivity index (χ2n) is 5.67. The molecular formula is C20H20N2O2. The van der Waals surface area contributed by atoms with Crippen LogP contribution < -0.4 is 0 Å². The summed E-state index contributed by atoms with van der Waals surface area (Å²) < 4.78 is 2.20. The fourth-order valence-electron chi connectivity index (χ4n) is 2.68. The maximum atomic E-state index is 11.3. The van der Waals surface area contributed by atoms with Crippen LogP contribution in [-0.2, 0) is 16.2 Å². The van der Waals surface area contributed by atoms with Gasteiger partial charge in [-0.2, -0.15) is 0 Å². The molecule has 4 nitrogen and oxygen atoms in total. The molecule has 3 rings (SSSR count). The van der Waals surface area contributed by atoms with Crippen molar-refractivity contribution in [2.75, 3.05) is 0 Å². The zero-order valence-electron chi connectivity index (χ0n) is 13.9. The third-order valence-electron chi connectivity index (χ3n) is 3.95. The molecular weight excluding hydrogens is 300 g/mol. The van der Waals surface area contributed by atoms with E-state index in [4.69, 9.17) is 4.84 Å². The molecule has 0 aliphatic heterocycles. The van der Waals surface area contributed by atoms with Crippen molar-refractivity contribution in [3.8, 4) is 0 Å². The highest BCUT2D eigenvalue weighted by Gasteiger charge is 2.11. The van der Waals surface area contributed by atoms with Crippen LogP contribution in [0.3, 0.4) is 0 Å². The molecule has 0 saturated heterocycles. The SMILES string of the molecule is CCC(=O)O/N=C(\C)c1cn(Cc2ccccc2)c2ccccc12. The number of para-hydroxylation sites is 1. The Bertz CT molecular complexity index is 879. The Hall–Kier alpha value is -2.88. The second-order valence-corrected chi connectivity index (χ2v) is 5.67. The molecule has 0 aliphatic carbocycles. The van der Waals surface area contributed by atoms with Crippen LogP contribution in [0.15, 0.2) is 65.9 Å². The topological polar surface area (TPSA) is 43.6 Å². The molecule has 0 aliphatic rings. The van der Waals surface area contributed by atoms with Gasteiger partial charge in [-0.15, -0.1) is 0 Å². The van der Waals surface area contributed by atoms with Crippen molar-refractivity contribution in [3.05, 3.63) is 71.9 Å². The van der Waals surface area contributed by atoms with Gasteiger partial charge in [-0.1, -0.05) is 60.6 Å². The smallest absolute Gasteiger partial charge is 0.334 e. The van der Waals surface area contributed by atoms with Crippen molar-refractivity contribution >= 4 is 22.6 Å². The van der Waals surface area contributed by atoms with Gasteiger partial charge in [0.05, 0.1) is 5.71 Å². The molecule has 0 radical (unpaired) electrons. The largest absolute Gasteiger partial charge is 0.342 e. The number of aromatic nitrogens is 1. The van der Waals surface area contributed by atoms with Gasteiger partial charge in [-0.25, -0.2) is 4.79 Å². The summed E-state index contributed by atoms with van der Waals surface area (Å²) >= 11 is 0.